The Kier molecular flexibility index (Phi) is 5.30. The van der Waals surface area contributed by atoms with E-state index in [0.717, 1.165) is 22.6 Å². The molecule has 1 aliphatic rings. The van der Waals surface area contributed by atoms with Crippen molar-refractivity contribution in [2.75, 3.05) is 6.61 Å². The number of ether oxygens (including phenoxy) is 1. The zero-order chi connectivity index (χ0) is 18.1. The lowest BCUT2D eigenvalue weighted by Gasteiger charge is -2.32. The molecule has 0 amide bonds. The standard InChI is InChI=1S/C21H21ClO3S/c22-19-6-5-13(20-11-16(24)10-17(12-23)25-20)7-15(19)9-18-8-14-3-1-2-4-21(14)26-18/h1-8,16-17,20,23-24H,9-12H2. The lowest BCUT2D eigenvalue weighted by atomic mass is 9.94. The van der Waals surface area contributed by atoms with Crippen LogP contribution in [0.3, 0.4) is 0 Å². The van der Waals surface area contributed by atoms with E-state index in [-0.39, 0.29) is 18.8 Å². The van der Waals surface area contributed by atoms with Gasteiger partial charge in [0.15, 0.2) is 0 Å². The van der Waals surface area contributed by atoms with Gasteiger partial charge in [-0.25, -0.2) is 0 Å². The molecule has 0 spiro atoms. The summed E-state index contributed by atoms with van der Waals surface area (Å²) in [6.45, 7) is -0.0736. The molecular formula is C21H21ClO3S. The average molecular weight is 389 g/mol. The van der Waals surface area contributed by atoms with Crippen molar-refractivity contribution in [3.05, 3.63) is 69.6 Å². The van der Waals surface area contributed by atoms with Gasteiger partial charge in [0, 0.05) is 33.9 Å². The van der Waals surface area contributed by atoms with Gasteiger partial charge in [0.2, 0.25) is 0 Å². The number of hydrogen-bond donors (Lipinski definition) is 2. The molecule has 3 atom stereocenters. The maximum absolute atomic E-state index is 10.1. The van der Waals surface area contributed by atoms with Crippen molar-refractivity contribution in [1.29, 1.82) is 0 Å². The van der Waals surface area contributed by atoms with Crippen LogP contribution in [-0.4, -0.2) is 29.0 Å². The Morgan fingerprint density at radius 2 is 1.96 bits per heavy atom. The molecule has 4 rings (SSSR count). The van der Waals surface area contributed by atoms with Crippen molar-refractivity contribution in [2.45, 2.75) is 37.6 Å². The van der Waals surface area contributed by atoms with Gasteiger partial charge >= 0.3 is 0 Å². The maximum atomic E-state index is 10.1. The molecule has 2 N–H and O–H groups in total. The smallest absolute Gasteiger partial charge is 0.0854 e. The molecule has 1 aromatic heterocycles. The Balaban J connectivity index is 1.59. The van der Waals surface area contributed by atoms with E-state index in [4.69, 9.17) is 16.3 Å². The first-order valence-electron chi connectivity index (χ1n) is 8.82. The van der Waals surface area contributed by atoms with Gasteiger partial charge in [0.05, 0.1) is 24.9 Å². The lowest BCUT2D eigenvalue weighted by molar-refractivity contribution is -0.113. The fourth-order valence-electron chi connectivity index (χ4n) is 3.56. The summed E-state index contributed by atoms with van der Waals surface area (Å²) in [6, 6.07) is 16.5. The fourth-order valence-corrected chi connectivity index (χ4v) is 4.84. The van der Waals surface area contributed by atoms with Gasteiger partial charge in [-0.15, -0.1) is 11.3 Å². The molecule has 136 valence electrons. The number of hydrogen-bond acceptors (Lipinski definition) is 4. The molecule has 1 aliphatic heterocycles. The molecule has 0 bridgehead atoms. The van der Waals surface area contributed by atoms with Gasteiger partial charge in [-0.05, 0) is 34.7 Å². The molecule has 26 heavy (non-hydrogen) atoms. The highest BCUT2D eigenvalue weighted by molar-refractivity contribution is 7.19. The summed E-state index contributed by atoms with van der Waals surface area (Å²) in [5.74, 6) is 0. The van der Waals surface area contributed by atoms with E-state index >= 15 is 0 Å². The highest BCUT2D eigenvalue weighted by Gasteiger charge is 2.29. The van der Waals surface area contributed by atoms with Crippen LogP contribution in [0.25, 0.3) is 10.1 Å². The Morgan fingerprint density at radius 3 is 2.77 bits per heavy atom. The molecule has 0 radical (unpaired) electrons. The van der Waals surface area contributed by atoms with Crippen molar-refractivity contribution < 1.29 is 14.9 Å². The summed E-state index contributed by atoms with van der Waals surface area (Å²) < 4.78 is 7.21. The predicted molar refractivity (Wildman–Crippen MR) is 106 cm³/mol. The Labute approximate surface area is 161 Å². The number of benzene rings is 2. The first-order chi connectivity index (χ1) is 12.6. The number of rotatable bonds is 4. The van der Waals surface area contributed by atoms with E-state index in [2.05, 4.69) is 36.4 Å². The Bertz CT molecular complexity index is 874. The first-order valence-corrected chi connectivity index (χ1v) is 10.0. The molecule has 3 unspecified atom stereocenters. The SMILES string of the molecule is OCC1CC(O)CC(c2ccc(Cl)c(Cc3cc4ccccc4s3)c2)O1. The summed E-state index contributed by atoms with van der Waals surface area (Å²) in [7, 11) is 0. The fraction of sp³-hybridized carbons (Fsp3) is 0.333. The quantitative estimate of drug-likeness (QED) is 0.680. The van der Waals surface area contributed by atoms with E-state index in [9.17, 15) is 10.2 Å². The lowest BCUT2D eigenvalue weighted by Crippen LogP contribution is -2.33. The van der Waals surface area contributed by atoms with Crippen LogP contribution in [0.5, 0.6) is 0 Å². The number of fused-ring (bicyclic) bond motifs is 1. The molecule has 0 saturated carbocycles. The van der Waals surface area contributed by atoms with Gasteiger partial charge in [-0.3, -0.25) is 0 Å². The van der Waals surface area contributed by atoms with Crippen LogP contribution >= 0.6 is 22.9 Å². The largest absolute Gasteiger partial charge is 0.394 e. The maximum Gasteiger partial charge on any atom is 0.0854 e. The van der Waals surface area contributed by atoms with Crippen molar-refractivity contribution in [1.82, 2.24) is 0 Å². The first kappa shape index (κ1) is 18.0. The minimum Gasteiger partial charge on any atom is -0.394 e. The zero-order valence-electron chi connectivity index (χ0n) is 14.3. The molecule has 0 aliphatic carbocycles. The molecule has 1 saturated heterocycles. The Morgan fingerprint density at radius 1 is 1.12 bits per heavy atom. The number of halogens is 1. The summed E-state index contributed by atoms with van der Waals surface area (Å²) in [5, 5.41) is 21.4. The minimum absolute atomic E-state index is 0.0736. The topological polar surface area (TPSA) is 49.7 Å². The van der Waals surface area contributed by atoms with Crippen LogP contribution in [-0.2, 0) is 11.2 Å². The van der Waals surface area contributed by atoms with Crippen LogP contribution in [0, 0.1) is 0 Å². The molecule has 1 fully saturated rings. The van der Waals surface area contributed by atoms with Gasteiger partial charge in [-0.2, -0.15) is 0 Å². The van der Waals surface area contributed by atoms with Crippen LogP contribution in [0.4, 0.5) is 0 Å². The van der Waals surface area contributed by atoms with Crippen LogP contribution in [0.1, 0.15) is 34.9 Å². The summed E-state index contributed by atoms with van der Waals surface area (Å²) >= 11 is 8.23. The second-order valence-electron chi connectivity index (χ2n) is 6.83. The normalized spacial score (nSPS) is 23.4. The van der Waals surface area contributed by atoms with E-state index in [1.165, 1.54) is 15.0 Å². The third-order valence-electron chi connectivity index (χ3n) is 4.86. The van der Waals surface area contributed by atoms with Gasteiger partial charge in [0.25, 0.3) is 0 Å². The minimum atomic E-state index is -0.451. The van der Waals surface area contributed by atoms with E-state index in [0.29, 0.717) is 12.8 Å². The van der Waals surface area contributed by atoms with Crippen LogP contribution in [0.2, 0.25) is 5.02 Å². The van der Waals surface area contributed by atoms with Crippen LogP contribution < -0.4 is 0 Å². The summed E-state index contributed by atoms with van der Waals surface area (Å²) in [5.41, 5.74) is 2.06. The van der Waals surface area contributed by atoms with E-state index in [1.54, 1.807) is 11.3 Å². The van der Waals surface area contributed by atoms with Crippen molar-refractivity contribution in [2.24, 2.45) is 0 Å². The highest BCUT2D eigenvalue weighted by atomic mass is 35.5. The predicted octanol–water partition coefficient (Wildman–Crippen LogP) is 4.72. The van der Waals surface area contributed by atoms with Gasteiger partial charge in [0.1, 0.15) is 0 Å². The summed E-state index contributed by atoms with van der Waals surface area (Å²) in [4.78, 5) is 1.27. The van der Waals surface area contributed by atoms with E-state index in [1.807, 2.05) is 12.1 Å². The van der Waals surface area contributed by atoms with Gasteiger partial charge in [-0.1, -0.05) is 41.9 Å². The van der Waals surface area contributed by atoms with Gasteiger partial charge < -0.3 is 14.9 Å². The second-order valence-corrected chi connectivity index (χ2v) is 8.41. The summed E-state index contributed by atoms with van der Waals surface area (Å²) in [6.07, 6.45) is 0.813. The molecular weight excluding hydrogens is 368 g/mol. The molecule has 2 aromatic carbocycles. The third-order valence-corrected chi connectivity index (χ3v) is 6.35. The zero-order valence-corrected chi connectivity index (χ0v) is 15.8. The molecule has 3 aromatic rings. The van der Waals surface area contributed by atoms with E-state index < -0.39 is 6.10 Å². The molecule has 3 nitrogen and oxygen atoms in total. The number of thiophene rings is 1. The molecule has 2 heterocycles. The van der Waals surface area contributed by atoms with Crippen LogP contribution in [0.15, 0.2) is 48.5 Å². The van der Waals surface area contributed by atoms with Crippen molar-refractivity contribution >= 4 is 33.0 Å². The third kappa shape index (κ3) is 3.80. The van der Waals surface area contributed by atoms with Crippen molar-refractivity contribution in [3.63, 3.8) is 0 Å². The molecule has 5 heteroatoms. The Hall–Kier alpha value is -1.43. The van der Waals surface area contributed by atoms with Crippen molar-refractivity contribution in [3.8, 4) is 0 Å². The number of aliphatic hydroxyl groups excluding tert-OH is 2. The monoisotopic (exact) mass is 388 g/mol. The average Bonchev–Trinajstić information content (AvgIpc) is 3.05. The highest BCUT2D eigenvalue weighted by Crippen LogP contribution is 2.35. The number of aliphatic hydroxyl groups is 2. The second kappa shape index (κ2) is 7.67.